The molecule has 25 heavy (non-hydrogen) atoms. The summed E-state index contributed by atoms with van der Waals surface area (Å²) in [4.78, 5) is 11.7. The predicted molar refractivity (Wildman–Crippen MR) is 100 cm³/mol. The van der Waals surface area contributed by atoms with Crippen LogP contribution >= 0.6 is 23.8 Å². The second kappa shape index (κ2) is 8.64. The van der Waals surface area contributed by atoms with Gasteiger partial charge in [-0.2, -0.15) is 0 Å². The van der Waals surface area contributed by atoms with Crippen molar-refractivity contribution >= 4 is 40.5 Å². The Morgan fingerprint density at radius 2 is 1.88 bits per heavy atom. The minimum Gasteiger partial charge on any atom is -0.484 e. The van der Waals surface area contributed by atoms with Gasteiger partial charge >= 0.3 is 0 Å². The van der Waals surface area contributed by atoms with Crippen molar-refractivity contribution in [3.63, 3.8) is 0 Å². The summed E-state index contributed by atoms with van der Waals surface area (Å²) < 4.78 is 18.0. The van der Waals surface area contributed by atoms with E-state index >= 15 is 0 Å². The molecule has 0 atom stereocenters. The zero-order valence-corrected chi connectivity index (χ0v) is 15.2. The minimum atomic E-state index is -0.444. The molecule has 8 heteroatoms. The van der Waals surface area contributed by atoms with Gasteiger partial charge < -0.3 is 10.1 Å². The number of carbonyl (C=O) groups is 1. The first-order valence-electron chi connectivity index (χ1n) is 7.36. The van der Waals surface area contributed by atoms with E-state index in [1.165, 1.54) is 24.3 Å². The van der Waals surface area contributed by atoms with Crippen LogP contribution in [0.3, 0.4) is 0 Å². The minimum absolute atomic E-state index is 0.184. The van der Waals surface area contributed by atoms with Crippen LogP contribution in [0.2, 0.25) is 5.02 Å². The first kappa shape index (κ1) is 19.0. The number of thiocarbonyl (C=S) groups is 1. The topological polar surface area (TPSA) is 62.4 Å². The summed E-state index contributed by atoms with van der Waals surface area (Å²) in [5.41, 5.74) is 7.61. The molecule has 5 nitrogen and oxygen atoms in total. The van der Waals surface area contributed by atoms with Crippen molar-refractivity contribution in [1.82, 2.24) is 10.9 Å². The molecule has 1 amide bonds. The van der Waals surface area contributed by atoms with E-state index in [-0.39, 0.29) is 17.5 Å². The summed E-state index contributed by atoms with van der Waals surface area (Å²) in [7, 11) is 0. The number of hydrazine groups is 1. The van der Waals surface area contributed by atoms with Gasteiger partial charge in [-0.25, -0.2) is 4.39 Å². The standard InChI is InChI=1S/C17H17ClFN3O2S/c1-10-7-11(2)16(14(18)8-10)20-17(25)22-21-15(23)9-24-13-5-3-12(19)4-6-13/h3-8H,9H2,1-2H3,(H,21,23)(H2,20,22,25). The molecule has 0 aliphatic heterocycles. The maximum atomic E-state index is 12.8. The van der Waals surface area contributed by atoms with E-state index in [1.54, 1.807) is 0 Å². The number of carbonyl (C=O) groups excluding carboxylic acids is 1. The van der Waals surface area contributed by atoms with Gasteiger partial charge in [0.05, 0.1) is 10.7 Å². The van der Waals surface area contributed by atoms with Crippen molar-refractivity contribution < 1.29 is 13.9 Å². The van der Waals surface area contributed by atoms with Gasteiger partial charge in [-0.05, 0) is 67.5 Å². The van der Waals surface area contributed by atoms with Gasteiger partial charge in [0.2, 0.25) is 0 Å². The van der Waals surface area contributed by atoms with Crippen LogP contribution in [0.4, 0.5) is 10.1 Å². The lowest BCUT2D eigenvalue weighted by Crippen LogP contribution is -2.45. The molecule has 0 spiro atoms. The molecule has 3 N–H and O–H groups in total. The number of amides is 1. The fraction of sp³-hybridized carbons (Fsp3) is 0.176. The van der Waals surface area contributed by atoms with Gasteiger partial charge in [0, 0.05) is 0 Å². The van der Waals surface area contributed by atoms with Crippen molar-refractivity contribution in [2.75, 3.05) is 11.9 Å². The van der Waals surface area contributed by atoms with E-state index in [9.17, 15) is 9.18 Å². The van der Waals surface area contributed by atoms with Crippen LogP contribution < -0.4 is 20.9 Å². The lowest BCUT2D eigenvalue weighted by molar-refractivity contribution is -0.123. The molecule has 2 rings (SSSR count). The average Bonchev–Trinajstić information content (AvgIpc) is 2.55. The Morgan fingerprint density at radius 1 is 1.20 bits per heavy atom. The van der Waals surface area contributed by atoms with Gasteiger partial charge in [-0.3, -0.25) is 15.6 Å². The van der Waals surface area contributed by atoms with Crippen LogP contribution in [0.1, 0.15) is 11.1 Å². The lowest BCUT2D eigenvalue weighted by Gasteiger charge is -2.15. The van der Waals surface area contributed by atoms with E-state index < -0.39 is 5.91 Å². The quantitative estimate of drug-likeness (QED) is 0.559. The number of benzene rings is 2. The normalized spacial score (nSPS) is 10.1. The lowest BCUT2D eigenvalue weighted by atomic mass is 10.1. The summed E-state index contributed by atoms with van der Waals surface area (Å²) >= 11 is 11.3. The largest absolute Gasteiger partial charge is 0.484 e. The average molecular weight is 382 g/mol. The van der Waals surface area contributed by atoms with Gasteiger partial charge in [0.1, 0.15) is 11.6 Å². The summed E-state index contributed by atoms with van der Waals surface area (Å²) in [6, 6.07) is 9.14. The highest BCUT2D eigenvalue weighted by Crippen LogP contribution is 2.27. The zero-order valence-electron chi connectivity index (χ0n) is 13.7. The fourth-order valence-electron chi connectivity index (χ4n) is 2.06. The Morgan fingerprint density at radius 3 is 2.52 bits per heavy atom. The number of aryl methyl sites for hydroxylation is 2. The van der Waals surface area contributed by atoms with E-state index in [1.807, 2.05) is 26.0 Å². The van der Waals surface area contributed by atoms with Crippen molar-refractivity contribution in [3.8, 4) is 5.75 Å². The SMILES string of the molecule is Cc1cc(C)c(NC(=S)NNC(=O)COc2ccc(F)cc2)c(Cl)c1. The van der Waals surface area contributed by atoms with Crippen molar-refractivity contribution in [3.05, 3.63) is 58.4 Å². The van der Waals surface area contributed by atoms with Crippen LogP contribution in [0.5, 0.6) is 5.75 Å². The Kier molecular flexibility index (Phi) is 6.55. The highest BCUT2D eigenvalue weighted by atomic mass is 35.5. The van der Waals surface area contributed by atoms with Gasteiger partial charge in [-0.1, -0.05) is 17.7 Å². The molecule has 0 aliphatic rings. The molecule has 0 saturated carbocycles. The molecule has 0 bridgehead atoms. The number of ether oxygens (including phenoxy) is 1. The fourth-order valence-corrected chi connectivity index (χ4v) is 2.58. The number of hydrogen-bond acceptors (Lipinski definition) is 3. The van der Waals surface area contributed by atoms with Crippen LogP contribution in [-0.4, -0.2) is 17.6 Å². The number of anilines is 1. The molecule has 2 aromatic carbocycles. The predicted octanol–water partition coefficient (Wildman–Crippen LogP) is 3.49. The van der Waals surface area contributed by atoms with E-state index in [2.05, 4.69) is 16.2 Å². The molecule has 0 radical (unpaired) electrons. The highest BCUT2D eigenvalue weighted by Gasteiger charge is 2.08. The van der Waals surface area contributed by atoms with E-state index in [0.29, 0.717) is 16.5 Å². The molecule has 0 fully saturated rings. The van der Waals surface area contributed by atoms with Crippen LogP contribution in [-0.2, 0) is 4.79 Å². The first-order valence-corrected chi connectivity index (χ1v) is 8.14. The molecule has 0 heterocycles. The van der Waals surface area contributed by atoms with Gasteiger partial charge in [-0.15, -0.1) is 0 Å². The zero-order chi connectivity index (χ0) is 18.4. The van der Waals surface area contributed by atoms with Crippen molar-refractivity contribution in [2.45, 2.75) is 13.8 Å². The monoisotopic (exact) mass is 381 g/mol. The Balaban J connectivity index is 1.79. The van der Waals surface area contributed by atoms with E-state index in [0.717, 1.165) is 11.1 Å². The molecule has 0 aromatic heterocycles. The third-order valence-corrected chi connectivity index (χ3v) is 3.67. The Labute approximate surface area is 155 Å². The molecule has 0 saturated heterocycles. The maximum absolute atomic E-state index is 12.8. The summed E-state index contributed by atoms with van der Waals surface area (Å²) in [6.07, 6.45) is 0. The molecular formula is C17H17ClFN3O2S. The first-order chi connectivity index (χ1) is 11.8. The summed E-state index contributed by atoms with van der Waals surface area (Å²) in [5, 5.41) is 3.65. The molecule has 132 valence electrons. The number of rotatable bonds is 4. The summed E-state index contributed by atoms with van der Waals surface area (Å²) in [6.45, 7) is 3.60. The molecule has 2 aromatic rings. The molecular weight excluding hydrogens is 365 g/mol. The van der Waals surface area contributed by atoms with Gasteiger partial charge in [0.15, 0.2) is 11.7 Å². The number of halogens is 2. The van der Waals surface area contributed by atoms with E-state index in [4.69, 9.17) is 28.6 Å². The third kappa shape index (κ3) is 5.88. The third-order valence-electron chi connectivity index (χ3n) is 3.17. The number of hydrogen-bond donors (Lipinski definition) is 3. The Hall–Kier alpha value is -2.38. The van der Waals surface area contributed by atoms with Gasteiger partial charge in [0.25, 0.3) is 5.91 Å². The number of nitrogens with one attached hydrogen (secondary N) is 3. The van der Waals surface area contributed by atoms with Crippen LogP contribution in [0.15, 0.2) is 36.4 Å². The second-order valence-electron chi connectivity index (χ2n) is 5.31. The van der Waals surface area contributed by atoms with Crippen LogP contribution in [0.25, 0.3) is 0 Å². The van der Waals surface area contributed by atoms with Crippen molar-refractivity contribution in [1.29, 1.82) is 0 Å². The van der Waals surface area contributed by atoms with Crippen LogP contribution in [0, 0.1) is 19.7 Å². The Bertz CT molecular complexity index is 761. The molecule has 0 aliphatic carbocycles. The smallest absolute Gasteiger partial charge is 0.276 e. The maximum Gasteiger partial charge on any atom is 0.276 e. The highest BCUT2D eigenvalue weighted by molar-refractivity contribution is 7.80. The summed E-state index contributed by atoms with van der Waals surface area (Å²) in [5.74, 6) is -0.431. The second-order valence-corrected chi connectivity index (χ2v) is 6.12. The molecule has 0 unspecified atom stereocenters. The van der Waals surface area contributed by atoms with Crippen molar-refractivity contribution in [2.24, 2.45) is 0 Å².